The number of anilines is 2. The molecule has 3 heterocycles. The lowest BCUT2D eigenvalue weighted by atomic mass is 10.2. The zero-order valence-electron chi connectivity index (χ0n) is 13.9. The molecule has 130 valence electrons. The van der Waals surface area contributed by atoms with Gasteiger partial charge in [-0.1, -0.05) is 30.3 Å². The van der Waals surface area contributed by atoms with Crippen molar-refractivity contribution >= 4 is 34.5 Å². The zero-order valence-corrected chi connectivity index (χ0v) is 14.7. The molecule has 7 nitrogen and oxygen atoms in total. The third-order valence-corrected chi connectivity index (χ3v) is 4.46. The van der Waals surface area contributed by atoms with Crippen LogP contribution in [-0.2, 0) is 18.3 Å². The number of rotatable bonds is 4. The standard InChI is InChI=1S/C17H19ClN6O/c1-23-13-14(21-17(23)19-11-12-5-3-2-4-6-12)20-16(18)22-15(13)24-7-9-25-10-8-24/h2-6H,7-11H2,1H3,(H,19,20,21,22). The molecule has 0 unspecified atom stereocenters. The van der Waals surface area contributed by atoms with Crippen LogP contribution in [-0.4, -0.2) is 45.8 Å². The average molecular weight is 359 g/mol. The number of hydrogen-bond donors (Lipinski definition) is 1. The minimum absolute atomic E-state index is 0.210. The Balaban J connectivity index is 1.68. The number of ether oxygens (including phenoxy) is 1. The van der Waals surface area contributed by atoms with Crippen LogP contribution in [0.15, 0.2) is 30.3 Å². The van der Waals surface area contributed by atoms with Crippen molar-refractivity contribution in [1.82, 2.24) is 19.5 Å². The van der Waals surface area contributed by atoms with Crippen molar-refractivity contribution in [2.45, 2.75) is 6.54 Å². The molecule has 1 saturated heterocycles. The molecule has 1 aliphatic heterocycles. The number of hydrogen-bond acceptors (Lipinski definition) is 6. The fraction of sp³-hybridized carbons (Fsp3) is 0.353. The fourth-order valence-corrected chi connectivity index (χ4v) is 3.16. The molecule has 4 rings (SSSR count). The van der Waals surface area contributed by atoms with Crippen LogP contribution in [0.1, 0.15) is 5.56 Å². The first-order valence-electron chi connectivity index (χ1n) is 8.23. The van der Waals surface area contributed by atoms with Crippen molar-refractivity contribution in [3.8, 4) is 0 Å². The predicted octanol–water partition coefficient (Wildman–Crippen LogP) is 2.47. The van der Waals surface area contributed by atoms with Gasteiger partial charge in [0, 0.05) is 26.7 Å². The highest BCUT2D eigenvalue weighted by atomic mass is 35.5. The number of benzene rings is 1. The summed E-state index contributed by atoms with van der Waals surface area (Å²) in [6.07, 6.45) is 0. The summed E-state index contributed by atoms with van der Waals surface area (Å²) in [5.41, 5.74) is 2.66. The maximum absolute atomic E-state index is 6.13. The Morgan fingerprint density at radius 1 is 1.12 bits per heavy atom. The number of aryl methyl sites for hydroxylation is 1. The van der Waals surface area contributed by atoms with Crippen molar-refractivity contribution in [1.29, 1.82) is 0 Å². The minimum atomic E-state index is 0.210. The minimum Gasteiger partial charge on any atom is -0.378 e. The monoisotopic (exact) mass is 358 g/mol. The summed E-state index contributed by atoms with van der Waals surface area (Å²) in [7, 11) is 1.96. The molecule has 0 spiro atoms. The number of nitrogens with zero attached hydrogens (tertiary/aromatic N) is 5. The molecule has 1 N–H and O–H groups in total. The summed E-state index contributed by atoms with van der Waals surface area (Å²) in [4.78, 5) is 15.5. The van der Waals surface area contributed by atoms with Crippen LogP contribution in [0, 0.1) is 0 Å². The van der Waals surface area contributed by atoms with E-state index in [2.05, 4.69) is 37.3 Å². The molecule has 25 heavy (non-hydrogen) atoms. The van der Waals surface area contributed by atoms with Crippen molar-refractivity contribution in [2.24, 2.45) is 7.05 Å². The van der Waals surface area contributed by atoms with Crippen molar-refractivity contribution < 1.29 is 4.74 Å². The summed E-state index contributed by atoms with van der Waals surface area (Å²) >= 11 is 6.13. The van der Waals surface area contributed by atoms with Gasteiger partial charge in [-0.25, -0.2) is 0 Å². The van der Waals surface area contributed by atoms with Crippen LogP contribution in [0.2, 0.25) is 5.28 Å². The molecule has 1 fully saturated rings. The summed E-state index contributed by atoms with van der Waals surface area (Å²) in [6.45, 7) is 3.60. The van der Waals surface area contributed by atoms with Crippen LogP contribution in [0.4, 0.5) is 11.8 Å². The highest BCUT2D eigenvalue weighted by Crippen LogP contribution is 2.28. The van der Waals surface area contributed by atoms with Gasteiger partial charge in [-0.05, 0) is 17.2 Å². The molecule has 0 amide bonds. The summed E-state index contributed by atoms with van der Waals surface area (Å²) < 4.78 is 7.42. The Kier molecular flexibility index (Phi) is 4.42. The number of aromatic nitrogens is 4. The van der Waals surface area contributed by atoms with Crippen LogP contribution >= 0.6 is 11.6 Å². The van der Waals surface area contributed by atoms with E-state index >= 15 is 0 Å². The van der Waals surface area contributed by atoms with Gasteiger partial charge in [0.2, 0.25) is 11.2 Å². The van der Waals surface area contributed by atoms with Gasteiger partial charge in [-0.15, -0.1) is 0 Å². The van der Waals surface area contributed by atoms with E-state index in [0.717, 1.165) is 30.4 Å². The Morgan fingerprint density at radius 2 is 1.88 bits per heavy atom. The lowest BCUT2D eigenvalue weighted by Gasteiger charge is -2.28. The molecule has 0 aliphatic carbocycles. The van der Waals surface area contributed by atoms with E-state index in [4.69, 9.17) is 16.3 Å². The normalized spacial score (nSPS) is 14.9. The highest BCUT2D eigenvalue weighted by Gasteiger charge is 2.21. The third-order valence-electron chi connectivity index (χ3n) is 4.29. The lowest BCUT2D eigenvalue weighted by Crippen LogP contribution is -2.37. The topological polar surface area (TPSA) is 68.1 Å². The Morgan fingerprint density at radius 3 is 2.64 bits per heavy atom. The van der Waals surface area contributed by atoms with Crippen molar-refractivity contribution in [3.05, 3.63) is 41.2 Å². The number of fused-ring (bicyclic) bond motifs is 1. The van der Waals surface area contributed by atoms with E-state index < -0.39 is 0 Å². The Labute approximate surface area is 150 Å². The Hall–Kier alpha value is -2.38. The van der Waals surface area contributed by atoms with Gasteiger partial charge in [-0.2, -0.15) is 15.0 Å². The van der Waals surface area contributed by atoms with Gasteiger partial charge in [0.15, 0.2) is 11.5 Å². The smallest absolute Gasteiger partial charge is 0.226 e. The van der Waals surface area contributed by atoms with E-state index in [-0.39, 0.29) is 5.28 Å². The first-order chi connectivity index (χ1) is 12.2. The van der Waals surface area contributed by atoms with Crippen molar-refractivity contribution in [3.63, 3.8) is 0 Å². The van der Waals surface area contributed by atoms with Gasteiger partial charge >= 0.3 is 0 Å². The molecule has 0 saturated carbocycles. The molecule has 3 aromatic rings. The molecule has 1 aromatic carbocycles. The van der Waals surface area contributed by atoms with Crippen LogP contribution in [0.25, 0.3) is 11.2 Å². The Bertz CT molecular complexity index is 876. The quantitative estimate of drug-likeness (QED) is 0.723. The highest BCUT2D eigenvalue weighted by molar-refractivity contribution is 6.28. The molecular formula is C17H19ClN6O. The maximum Gasteiger partial charge on any atom is 0.226 e. The number of imidazole rings is 1. The number of nitrogens with one attached hydrogen (secondary N) is 1. The summed E-state index contributed by atoms with van der Waals surface area (Å²) in [5.74, 6) is 1.55. The third kappa shape index (κ3) is 3.25. The summed E-state index contributed by atoms with van der Waals surface area (Å²) in [6, 6.07) is 10.2. The van der Waals surface area contributed by atoms with Gasteiger partial charge in [0.1, 0.15) is 5.52 Å². The molecular weight excluding hydrogens is 340 g/mol. The van der Waals surface area contributed by atoms with E-state index in [1.165, 1.54) is 5.56 Å². The average Bonchev–Trinajstić information content (AvgIpc) is 2.96. The first kappa shape index (κ1) is 16.1. The second kappa shape index (κ2) is 6.85. The second-order valence-electron chi connectivity index (χ2n) is 5.92. The SMILES string of the molecule is Cn1c(NCc2ccccc2)nc2nc(Cl)nc(N3CCOCC3)c21. The summed E-state index contributed by atoms with van der Waals surface area (Å²) in [5, 5.41) is 3.58. The van der Waals surface area contributed by atoms with E-state index in [1.807, 2.05) is 29.8 Å². The van der Waals surface area contributed by atoms with Crippen LogP contribution in [0.5, 0.6) is 0 Å². The number of halogens is 1. The van der Waals surface area contributed by atoms with E-state index in [0.29, 0.717) is 25.4 Å². The van der Waals surface area contributed by atoms with E-state index in [9.17, 15) is 0 Å². The predicted molar refractivity (Wildman–Crippen MR) is 98.1 cm³/mol. The fourth-order valence-electron chi connectivity index (χ4n) is 3.00. The van der Waals surface area contributed by atoms with Crippen LogP contribution < -0.4 is 10.2 Å². The van der Waals surface area contributed by atoms with E-state index in [1.54, 1.807) is 0 Å². The van der Waals surface area contributed by atoms with Crippen LogP contribution in [0.3, 0.4) is 0 Å². The second-order valence-corrected chi connectivity index (χ2v) is 6.26. The van der Waals surface area contributed by atoms with Crippen molar-refractivity contribution in [2.75, 3.05) is 36.5 Å². The van der Waals surface area contributed by atoms with Gasteiger partial charge in [0.05, 0.1) is 13.2 Å². The molecule has 0 atom stereocenters. The molecule has 0 radical (unpaired) electrons. The lowest BCUT2D eigenvalue weighted by molar-refractivity contribution is 0.122. The largest absolute Gasteiger partial charge is 0.378 e. The number of morpholine rings is 1. The molecule has 2 aromatic heterocycles. The van der Waals surface area contributed by atoms with Gasteiger partial charge < -0.3 is 19.5 Å². The van der Waals surface area contributed by atoms with Gasteiger partial charge in [-0.3, -0.25) is 0 Å². The van der Waals surface area contributed by atoms with Gasteiger partial charge in [0.25, 0.3) is 0 Å². The molecule has 1 aliphatic rings. The molecule has 0 bridgehead atoms. The first-order valence-corrected chi connectivity index (χ1v) is 8.60. The zero-order chi connectivity index (χ0) is 17.2. The molecule has 8 heteroatoms. The maximum atomic E-state index is 6.13.